The Hall–Kier alpha value is -2.60. The van der Waals surface area contributed by atoms with Crippen molar-refractivity contribution in [3.63, 3.8) is 0 Å². The largest absolute Gasteiger partial charge is 0.351 e. The van der Waals surface area contributed by atoms with E-state index >= 15 is 0 Å². The number of nitrogens with one attached hydrogen (secondary N) is 2. The van der Waals surface area contributed by atoms with Gasteiger partial charge in [0, 0.05) is 5.39 Å². The molecule has 2 N–H and O–H groups in total. The smallest absolute Gasteiger partial charge is 0.261 e. The molecular weight excluding hydrogens is 300 g/mol. The highest BCUT2D eigenvalue weighted by molar-refractivity contribution is 7.92. The zero-order chi connectivity index (χ0) is 15.7. The average Bonchev–Trinajstić information content (AvgIpc) is 2.92. The minimum absolute atomic E-state index is 0.192. The Kier molecular flexibility index (Phi) is 3.46. The fourth-order valence-corrected chi connectivity index (χ4v) is 3.32. The Labute approximate surface area is 128 Å². The molecule has 0 aliphatic rings. The number of carbonyl (C=O) groups excluding carboxylic acids is 1. The number of anilines is 1. The molecule has 0 aliphatic heterocycles. The Morgan fingerprint density at radius 2 is 1.82 bits per heavy atom. The number of fused-ring (bicyclic) bond motifs is 1. The van der Waals surface area contributed by atoms with Crippen LogP contribution in [-0.2, 0) is 10.0 Å². The van der Waals surface area contributed by atoms with E-state index in [-0.39, 0.29) is 4.90 Å². The van der Waals surface area contributed by atoms with E-state index in [0.29, 0.717) is 23.2 Å². The van der Waals surface area contributed by atoms with Crippen LogP contribution in [0.25, 0.3) is 10.9 Å². The lowest BCUT2D eigenvalue weighted by atomic mass is 10.2. The molecule has 0 aliphatic carbocycles. The van der Waals surface area contributed by atoms with Gasteiger partial charge in [0.15, 0.2) is 6.29 Å². The van der Waals surface area contributed by atoms with Crippen LogP contribution >= 0.6 is 0 Å². The maximum absolute atomic E-state index is 12.4. The molecule has 0 amide bonds. The maximum atomic E-state index is 12.4. The van der Waals surface area contributed by atoms with Gasteiger partial charge in [-0.05, 0) is 31.2 Å². The summed E-state index contributed by atoms with van der Waals surface area (Å²) in [5, 5.41) is 0.770. The van der Waals surface area contributed by atoms with Crippen LogP contribution in [0.1, 0.15) is 16.1 Å². The zero-order valence-electron chi connectivity index (χ0n) is 11.8. The summed E-state index contributed by atoms with van der Waals surface area (Å²) in [7, 11) is -3.68. The Bertz CT molecular complexity index is 941. The third-order valence-electron chi connectivity index (χ3n) is 3.38. The summed E-state index contributed by atoms with van der Waals surface area (Å²) in [6, 6.07) is 13.5. The quantitative estimate of drug-likeness (QED) is 0.726. The molecule has 3 rings (SSSR count). The van der Waals surface area contributed by atoms with Gasteiger partial charge in [0.05, 0.1) is 21.8 Å². The Morgan fingerprint density at radius 3 is 2.50 bits per heavy atom. The van der Waals surface area contributed by atoms with Crippen molar-refractivity contribution in [1.82, 2.24) is 4.98 Å². The highest BCUT2D eigenvalue weighted by Crippen LogP contribution is 2.25. The minimum atomic E-state index is -3.68. The van der Waals surface area contributed by atoms with Crippen LogP contribution in [0.15, 0.2) is 53.4 Å². The van der Waals surface area contributed by atoms with Gasteiger partial charge in [-0.25, -0.2) is 8.42 Å². The number of rotatable bonds is 4. The number of sulfonamides is 1. The van der Waals surface area contributed by atoms with E-state index in [9.17, 15) is 13.2 Å². The lowest BCUT2D eigenvalue weighted by Gasteiger charge is -2.09. The third-order valence-corrected chi connectivity index (χ3v) is 4.76. The van der Waals surface area contributed by atoms with Crippen LogP contribution in [0.5, 0.6) is 0 Å². The van der Waals surface area contributed by atoms with Crippen molar-refractivity contribution in [2.45, 2.75) is 11.8 Å². The summed E-state index contributed by atoms with van der Waals surface area (Å²) in [5.41, 5.74) is 2.38. The molecular formula is C16H14N2O3S. The molecule has 0 unspecified atom stereocenters. The maximum Gasteiger partial charge on any atom is 0.261 e. The number of para-hydroxylation sites is 1. The molecule has 5 nitrogen and oxygen atoms in total. The molecule has 22 heavy (non-hydrogen) atoms. The summed E-state index contributed by atoms with van der Waals surface area (Å²) in [6.07, 6.45) is 0.693. The first-order valence-electron chi connectivity index (χ1n) is 6.66. The monoisotopic (exact) mass is 314 g/mol. The molecule has 0 saturated heterocycles. The summed E-state index contributed by atoms with van der Waals surface area (Å²) in [4.78, 5) is 14.0. The van der Waals surface area contributed by atoms with Gasteiger partial charge >= 0.3 is 0 Å². The molecule has 0 spiro atoms. The molecule has 0 atom stereocenters. The molecule has 0 radical (unpaired) electrons. The lowest BCUT2D eigenvalue weighted by molar-refractivity contribution is 0.112. The molecule has 1 aromatic heterocycles. The molecule has 1 heterocycles. The van der Waals surface area contributed by atoms with Crippen LogP contribution in [0.2, 0.25) is 0 Å². The molecule has 0 fully saturated rings. The van der Waals surface area contributed by atoms with Crippen molar-refractivity contribution >= 4 is 32.9 Å². The summed E-state index contributed by atoms with van der Waals surface area (Å²) >= 11 is 0. The fourth-order valence-electron chi connectivity index (χ4n) is 2.25. The first kappa shape index (κ1) is 14.3. The second kappa shape index (κ2) is 5.31. The third kappa shape index (κ3) is 2.60. The SMILES string of the molecule is Cc1ccc(S(=O)(=O)Nc2cccc3cc(C=O)[nH]c23)cc1. The highest BCUT2D eigenvalue weighted by Gasteiger charge is 2.16. The number of aromatic amines is 1. The van der Waals surface area contributed by atoms with Crippen molar-refractivity contribution in [1.29, 1.82) is 0 Å². The van der Waals surface area contributed by atoms with E-state index < -0.39 is 10.0 Å². The van der Waals surface area contributed by atoms with Gasteiger partial charge in [-0.1, -0.05) is 29.8 Å². The Balaban J connectivity index is 2.03. The van der Waals surface area contributed by atoms with E-state index in [1.807, 2.05) is 13.0 Å². The van der Waals surface area contributed by atoms with Crippen LogP contribution < -0.4 is 4.72 Å². The number of aldehydes is 1. The number of aromatic nitrogens is 1. The van der Waals surface area contributed by atoms with Gasteiger partial charge in [0.25, 0.3) is 10.0 Å². The number of benzene rings is 2. The fraction of sp³-hybridized carbons (Fsp3) is 0.0625. The number of H-pyrrole nitrogens is 1. The van der Waals surface area contributed by atoms with Gasteiger partial charge in [0.1, 0.15) is 0 Å². The molecule has 3 aromatic rings. The van der Waals surface area contributed by atoms with Crippen LogP contribution in [0.4, 0.5) is 5.69 Å². The molecule has 6 heteroatoms. The van der Waals surface area contributed by atoms with E-state index in [1.165, 1.54) is 0 Å². The molecule has 112 valence electrons. The van der Waals surface area contributed by atoms with Gasteiger partial charge in [-0.2, -0.15) is 0 Å². The van der Waals surface area contributed by atoms with Crippen LogP contribution in [-0.4, -0.2) is 19.7 Å². The van der Waals surface area contributed by atoms with Crippen molar-refractivity contribution in [2.75, 3.05) is 4.72 Å². The predicted molar refractivity (Wildman–Crippen MR) is 85.7 cm³/mol. The van der Waals surface area contributed by atoms with E-state index in [4.69, 9.17) is 0 Å². The topological polar surface area (TPSA) is 79.0 Å². The van der Waals surface area contributed by atoms with Crippen molar-refractivity contribution in [3.8, 4) is 0 Å². The first-order chi connectivity index (χ1) is 10.5. The number of hydrogen-bond acceptors (Lipinski definition) is 3. The predicted octanol–water partition coefficient (Wildman–Crippen LogP) is 3.09. The van der Waals surface area contributed by atoms with Gasteiger partial charge in [-0.15, -0.1) is 0 Å². The summed E-state index contributed by atoms with van der Waals surface area (Å²) in [5.74, 6) is 0. The van der Waals surface area contributed by atoms with Gasteiger partial charge in [0.2, 0.25) is 0 Å². The van der Waals surface area contributed by atoms with Crippen LogP contribution in [0, 0.1) is 6.92 Å². The number of hydrogen-bond donors (Lipinski definition) is 2. The minimum Gasteiger partial charge on any atom is -0.351 e. The normalized spacial score (nSPS) is 11.5. The first-order valence-corrected chi connectivity index (χ1v) is 8.14. The van der Waals surface area contributed by atoms with E-state index in [0.717, 1.165) is 10.9 Å². The molecule has 0 saturated carbocycles. The van der Waals surface area contributed by atoms with Crippen molar-refractivity contribution in [2.24, 2.45) is 0 Å². The standard InChI is InChI=1S/C16H14N2O3S/c1-11-5-7-14(8-6-11)22(20,21)18-15-4-2-3-12-9-13(10-19)17-16(12)15/h2-10,17-18H,1H3. The highest BCUT2D eigenvalue weighted by atomic mass is 32.2. The van der Waals surface area contributed by atoms with Gasteiger partial charge in [-0.3, -0.25) is 9.52 Å². The van der Waals surface area contributed by atoms with E-state index in [1.54, 1.807) is 42.5 Å². The van der Waals surface area contributed by atoms with Crippen LogP contribution in [0.3, 0.4) is 0 Å². The summed E-state index contributed by atoms with van der Waals surface area (Å²) in [6.45, 7) is 1.89. The molecule has 2 aromatic carbocycles. The Morgan fingerprint density at radius 1 is 1.09 bits per heavy atom. The second-order valence-corrected chi connectivity index (χ2v) is 6.71. The lowest BCUT2D eigenvalue weighted by Crippen LogP contribution is -2.13. The van der Waals surface area contributed by atoms with Gasteiger partial charge < -0.3 is 4.98 Å². The van der Waals surface area contributed by atoms with Crippen molar-refractivity contribution < 1.29 is 13.2 Å². The number of aryl methyl sites for hydroxylation is 1. The summed E-state index contributed by atoms with van der Waals surface area (Å²) < 4.78 is 27.4. The second-order valence-electron chi connectivity index (χ2n) is 5.03. The molecule has 0 bridgehead atoms. The van der Waals surface area contributed by atoms with E-state index in [2.05, 4.69) is 9.71 Å². The van der Waals surface area contributed by atoms with Crippen molar-refractivity contribution in [3.05, 3.63) is 59.8 Å². The average molecular weight is 314 g/mol. The zero-order valence-corrected chi connectivity index (χ0v) is 12.6. The number of carbonyl (C=O) groups is 1.